The Hall–Kier alpha value is -1.83. The minimum Gasteiger partial charge on any atom is -0.496 e. The summed E-state index contributed by atoms with van der Waals surface area (Å²) in [6.07, 6.45) is 1.75. The molecule has 0 spiro atoms. The number of hydrogen-bond acceptors (Lipinski definition) is 5. The summed E-state index contributed by atoms with van der Waals surface area (Å²) in [5.41, 5.74) is 0.956. The number of amides is 1. The smallest absolute Gasteiger partial charge is 0.317 e. The van der Waals surface area contributed by atoms with Crippen LogP contribution in [0.25, 0.3) is 0 Å². The Morgan fingerprint density at radius 2 is 1.96 bits per heavy atom. The van der Waals surface area contributed by atoms with Gasteiger partial charge in [-0.3, -0.25) is 19.4 Å². The van der Waals surface area contributed by atoms with Crippen LogP contribution < -0.4 is 10.1 Å². The van der Waals surface area contributed by atoms with Crippen molar-refractivity contribution >= 4 is 24.3 Å². The fourth-order valence-electron chi connectivity index (χ4n) is 3.45. The zero-order chi connectivity index (χ0) is 19.1. The molecule has 1 heterocycles. The van der Waals surface area contributed by atoms with Crippen LogP contribution in [0, 0.1) is 0 Å². The molecule has 0 aromatic heterocycles. The molecule has 7 nitrogen and oxygen atoms in total. The van der Waals surface area contributed by atoms with E-state index >= 15 is 0 Å². The van der Waals surface area contributed by atoms with Crippen molar-refractivity contribution in [3.8, 4) is 5.75 Å². The SMILES string of the molecule is COc1ccccc1C(C)NC(=O)CN1CCC(N(C)CC(=O)O)CC1.Cl. The van der Waals surface area contributed by atoms with E-state index in [0.717, 1.165) is 37.2 Å². The fraction of sp³-hybridized carbons (Fsp3) is 0.579. The van der Waals surface area contributed by atoms with Crippen molar-refractivity contribution in [1.29, 1.82) is 0 Å². The molecular formula is C19H30ClN3O4. The highest BCUT2D eigenvalue weighted by Gasteiger charge is 2.25. The Morgan fingerprint density at radius 3 is 2.56 bits per heavy atom. The van der Waals surface area contributed by atoms with Gasteiger partial charge in [0.2, 0.25) is 5.91 Å². The first kappa shape index (κ1) is 23.2. The highest BCUT2D eigenvalue weighted by atomic mass is 35.5. The van der Waals surface area contributed by atoms with E-state index in [1.807, 2.05) is 43.1 Å². The molecule has 1 fully saturated rings. The number of hydrogen-bond donors (Lipinski definition) is 2. The maximum Gasteiger partial charge on any atom is 0.317 e. The first-order valence-electron chi connectivity index (χ1n) is 8.97. The molecule has 1 aliphatic heterocycles. The lowest BCUT2D eigenvalue weighted by atomic mass is 10.0. The molecule has 1 aromatic carbocycles. The van der Waals surface area contributed by atoms with Crippen LogP contribution in [0.1, 0.15) is 31.4 Å². The van der Waals surface area contributed by atoms with Gasteiger partial charge in [-0.25, -0.2) is 0 Å². The summed E-state index contributed by atoms with van der Waals surface area (Å²) >= 11 is 0. The van der Waals surface area contributed by atoms with Crippen LogP contribution in [0.4, 0.5) is 0 Å². The third-order valence-corrected chi connectivity index (χ3v) is 4.92. The number of aliphatic carboxylic acids is 1. The quantitative estimate of drug-likeness (QED) is 0.693. The van der Waals surface area contributed by atoms with Gasteiger partial charge < -0.3 is 15.2 Å². The van der Waals surface area contributed by atoms with Crippen molar-refractivity contribution in [2.24, 2.45) is 0 Å². The largest absolute Gasteiger partial charge is 0.496 e. The highest BCUT2D eigenvalue weighted by molar-refractivity contribution is 5.85. The van der Waals surface area contributed by atoms with Gasteiger partial charge in [0.15, 0.2) is 0 Å². The summed E-state index contributed by atoms with van der Waals surface area (Å²) in [4.78, 5) is 27.2. The Kier molecular flexibility index (Phi) is 9.55. The number of methoxy groups -OCH3 is 1. The third-order valence-electron chi connectivity index (χ3n) is 4.92. The van der Waals surface area contributed by atoms with E-state index in [2.05, 4.69) is 10.2 Å². The number of likely N-dealkylation sites (N-methyl/N-ethyl adjacent to an activating group) is 1. The number of carboxylic acids is 1. The second kappa shape index (κ2) is 11.1. The number of nitrogens with one attached hydrogen (secondary N) is 1. The maximum absolute atomic E-state index is 12.4. The normalized spacial score (nSPS) is 16.4. The number of carbonyl (C=O) groups excluding carboxylic acids is 1. The lowest BCUT2D eigenvalue weighted by molar-refractivity contribution is -0.138. The number of nitrogens with zero attached hydrogens (tertiary/aromatic N) is 2. The zero-order valence-corrected chi connectivity index (χ0v) is 17.0. The summed E-state index contributed by atoms with van der Waals surface area (Å²) in [6.45, 7) is 3.95. The summed E-state index contributed by atoms with van der Waals surface area (Å²) in [7, 11) is 3.47. The van der Waals surface area contributed by atoms with E-state index in [4.69, 9.17) is 9.84 Å². The Bertz CT molecular complexity index is 621. The highest BCUT2D eigenvalue weighted by Crippen LogP contribution is 2.24. The first-order chi connectivity index (χ1) is 12.4. The summed E-state index contributed by atoms with van der Waals surface area (Å²) < 4.78 is 5.35. The molecule has 27 heavy (non-hydrogen) atoms. The number of piperidine rings is 1. The van der Waals surface area contributed by atoms with Gasteiger partial charge in [0.25, 0.3) is 0 Å². The van der Waals surface area contributed by atoms with Crippen molar-refractivity contribution < 1.29 is 19.4 Å². The molecule has 2 N–H and O–H groups in total. The van der Waals surface area contributed by atoms with E-state index in [1.165, 1.54) is 0 Å². The minimum atomic E-state index is -0.806. The van der Waals surface area contributed by atoms with Crippen LogP contribution >= 0.6 is 12.4 Å². The van der Waals surface area contributed by atoms with Gasteiger partial charge in [-0.15, -0.1) is 12.4 Å². The number of likely N-dealkylation sites (tertiary alicyclic amines) is 1. The van der Waals surface area contributed by atoms with E-state index in [9.17, 15) is 9.59 Å². The van der Waals surface area contributed by atoms with E-state index < -0.39 is 5.97 Å². The van der Waals surface area contributed by atoms with Crippen molar-refractivity contribution in [2.45, 2.75) is 31.8 Å². The molecule has 1 unspecified atom stereocenters. The van der Waals surface area contributed by atoms with Gasteiger partial charge in [-0.05, 0) is 32.9 Å². The van der Waals surface area contributed by atoms with Gasteiger partial charge >= 0.3 is 5.97 Å². The molecule has 0 saturated carbocycles. The Labute approximate surface area is 167 Å². The molecule has 0 bridgehead atoms. The molecule has 1 saturated heterocycles. The zero-order valence-electron chi connectivity index (χ0n) is 16.2. The lowest BCUT2D eigenvalue weighted by Gasteiger charge is -2.35. The number of benzene rings is 1. The van der Waals surface area contributed by atoms with Crippen molar-refractivity contribution in [3.05, 3.63) is 29.8 Å². The number of para-hydroxylation sites is 1. The minimum absolute atomic E-state index is 0. The van der Waals surface area contributed by atoms with Gasteiger partial charge in [-0.2, -0.15) is 0 Å². The van der Waals surface area contributed by atoms with Crippen LogP contribution in [0.15, 0.2) is 24.3 Å². The van der Waals surface area contributed by atoms with Gasteiger partial charge in [0, 0.05) is 24.7 Å². The number of rotatable bonds is 8. The molecule has 1 amide bonds. The summed E-state index contributed by atoms with van der Waals surface area (Å²) in [5.74, 6) is -0.0528. The van der Waals surface area contributed by atoms with Crippen LogP contribution in [0.2, 0.25) is 0 Å². The second-order valence-electron chi connectivity index (χ2n) is 6.85. The number of ether oxygens (including phenoxy) is 1. The average molecular weight is 400 g/mol. The number of carbonyl (C=O) groups is 2. The van der Waals surface area contributed by atoms with Gasteiger partial charge in [0.1, 0.15) is 5.75 Å². The second-order valence-corrected chi connectivity index (χ2v) is 6.85. The fourth-order valence-corrected chi connectivity index (χ4v) is 3.45. The van der Waals surface area contributed by atoms with Crippen LogP contribution in [0.5, 0.6) is 5.75 Å². The Balaban J connectivity index is 0.00000364. The maximum atomic E-state index is 12.4. The Morgan fingerprint density at radius 1 is 1.33 bits per heavy atom. The standard InChI is InChI=1S/C19H29N3O4.ClH/c1-14(16-6-4-5-7-17(16)26-3)20-18(23)12-22-10-8-15(9-11-22)21(2)13-19(24)25;/h4-7,14-15H,8-13H2,1-3H3,(H,20,23)(H,24,25);1H. The molecule has 0 radical (unpaired) electrons. The van der Waals surface area contributed by atoms with Gasteiger partial charge in [0.05, 0.1) is 26.2 Å². The van der Waals surface area contributed by atoms with E-state index in [-0.39, 0.29) is 36.9 Å². The van der Waals surface area contributed by atoms with Crippen molar-refractivity contribution in [3.63, 3.8) is 0 Å². The molecule has 2 rings (SSSR count). The molecule has 1 aliphatic rings. The van der Waals surface area contributed by atoms with Crippen LogP contribution in [0.3, 0.4) is 0 Å². The molecule has 8 heteroatoms. The third kappa shape index (κ3) is 7.01. The summed E-state index contributed by atoms with van der Waals surface area (Å²) in [6, 6.07) is 7.81. The molecule has 1 atom stereocenters. The monoisotopic (exact) mass is 399 g/mol. The lowest BCUT2D eigenvalue weighted by Crippen LogP contribution is -2.47. The van der Waals surface area contributed by atoms with E-state index in [0.29, 0.717) is 6.54 Å². The van der Waals surface area contributed by atoms with Crippen LogP contribution in [-0.2, 0) is 9.59 Å². The van der Waals surface area contributed by atoms with Gasteiger partial charge in [-0.1, -0.05) is 18.2 Å². The van der Waals surface area contributed by atoms with Crippen LogP contribution in [-0.4, -0.2) is 73.2 Å². The number of carboxylic acid groups (broad SMARTS) is 1. The van der Waals surface area contributed by atoms with E-state index in [1.54, 1.807) is 7.11 Å². The topological polar surface area (TPSA) is 82.1 Å². The number of halogens is 1. The summed E-state index contributed by atoms with van der Waals surface area (Å²) in [5, 5.41) is 11.9. The predicted octanol–water partition coefficient (Wildman–Crippen LogP) is 1.77. The molecule has 1 aromatic rings. The van der Waals surface area contributed by atoms with Crippen molar-refractivity contribution in [1.82, 2.24) is 15.1 Å². The average Bonchev–Trinajstić information content (AvgIpc) is 2.61. The predicted molar refractivity (Wildman–Crippen MR) is 107 cm³/mol. The molecular weight excluding hydrogens is 370 g/mol. The molecule has 0 aliphatic carbocycles. The molecule has 152 valence electrons. The van der Waals surface area contributed by atoms with Crippen molar-refractivity contribution in [2.75, 3.05) is 40.3 Å². The first-order valence-corrected chi connectivity index (χ1v) is 8.97.